The van der Waals surface area contributed by atoms with Crippen LogP contribution in [0.1, 0.15) is 41.7 Å². The number of ether oxygens (including phenoxy) is 1. The van der Waals surface area contributed by atoms with Crippen molar-refractivity contribution in [3.05, 3.63) is 77.8 Å². The molecule has 1 aromatic carbocycles. The Hall–Kier alpha value is -3.19. The molecule has 3 heterocycles. The summed E-state index contributed by atoms with van der Waals surface area (Å²) in [6.07, 6.45) is 6.17. The topological polar surface area (TPSA) is 71.7 Å². The van der Waals surface area contributed by atoms with Crippen LogP contribution < -0.4 is 4.74 Å². The van der Waals surface area contributed by atoms with Gasteiger partial charge in [0.2, 0.25) is 5.91 Å². The standard InChI is InChI=1S/C25H30N4O3/c1-28(17-21-9-3-4-11-26-21)18-24(30)29-12-6-8-20(16-29)25-27-15-23(32-25)14-19-7-5-10-22(13-19)31-2/h3-5,7,9-11,13,15,20H,6,8,12,14,16-18H2,1-2H3/t20-/m0/s1. The Balaban J connectivity index is 1.33. The van der Waals surface area contributed by atoms with Gasteiger partial charge in [0.05, 0.1) is 31.5 Å². The van der Waals surface area contributed by atoms with E-state index in [0.717, 1.165) is 48.0 Å². The maximum absolute atomic E-state index is 12.9. The zero-order chi connectivity index (χ0) is 22.3. The summed E-state index contributed by atoms with van der Waals surface area (Å²) in [7, 11) is 3.62. The van der Waals surface area contributed by atoms with Gasteiger partial charge in [-0.25, -0.2) is 4.98 Å². The van der Waals surface area contributed by atoms with E-state index >= 15 is 0 Å². The van der Waals surface area contributed by atoms with Crippen LogP contribution in [0, 0.1) is 0 Å². The van der Waals surface area contributed by atoms with Gasteiger partial charge in [-0.3, -0.25) is 14.7 Å². The lowest BCUT2D eigenvalue weighted by atomic mass is 9.98. The first kappa shape index (κ1) is 22.0. The van der Waals surface area contributed by atoms with E-state index in [2.05, 4.69) is 9.97 Å². The van der Waals surface area contributed by atoms with Crippen molar-refractivity contribution in [1.29, 1.82) is 0 Å². The average Bonchev–Trinajstić information content (AvgIpc) is 3.28. The third-order valence-electron chi connectivity index (χ3n) is 5.77. The molecular weight excluding hydrogens is 404 g/mol. The first-order valence-corrected chi connectivity index (χ1v) is 11.0. The summed E-state index contributed by atoms with van der Waals surface area (Å²) in [5, 5.41) is 0. The van der Waals surface area contributed by atoms with Gasteiger partial charge in [0.25, 0.3) is 0 Å². The minimum Gasteiger partial charge on any atom is -0.497 e. The van der Waals surface area contributed by atoms with Crippen LogP contribution in [0.4, 0.5) is 0 Å². The van der Waals surface area contributed by atoms with Crippen LogP contribution in [0.5, 0.6) is 5.75 Å². The molecule has 0 spiro atoms. The lowest BCUT2D eigenvalue weighted by Gasteiger charge is -2.32. The number of oxazole rings is 1. The Morgan fingerprint density at radius 3 is 2.97 bits per heavy atom. The van der Waals surface area contributed by atoms with Gasteiger partial charge in [0.15, 0.2) is 5.89 Å². The zero-order valence-electron chi connectivity index (χ0n) is 18.7. The van der Waals surface area contributed by atoms with Crippen molar-refractivity contribution in [1.82, 2.24) is 19.8 Å². The minimum absolute atomic E-state index is 0.132. The molecular formula is C25H30N4O3. The zero-order valence-corrected chi connectivity index (χ0v) is 18.7. The fourth-order valence-corrected chi connectivity index (χ4v) is 4.14. The number of rotatable bonds is 8. The molecule has 1 amide bonds. The number of methoxy groups -OCH3 is 1. The fraction of sp³-hybridized carbons (Fsp3) is 0.400. The minimum atomic E-state index is 0.132. The van der Waals surface area contributed by atoms with Crippen LogP contribution in [0.15, 0.2) is 59.3 Å². The molecule has 1 fully saturated rings. The fourth-order valence-electron chi connectivity index (χ4n) is 4.14. The van der Waals surface area contributed by atoms with Gasteiger partial charge >= 0.3 is 0 Å². The Morgan fingerprint density at radius 2 is 2.16 bits per heavy atom. The molecule has 3 aromatic rings. The summed E-state index contributed by atoms with van der Waals surface area (Å²) in [5.41, 5.74) is 2.08. The van der Waals surface area contributed by atoms with Gasteiger partial charge in [-0.1, -0.05) is 18.2 Å². The molecule has 0 radical (unpaired) electrons. The van der Waals surface area contributed by atoms with Crippen LogP contribution >= 0.6 is 0 Å². The molecule has 1 atom stereocenters. The summed E-state index contributed by atoms with van der Waals surface area (Å²) in [5.74, 6) is 2.65. The normalized spacial score (nSPS) is 16.3. The van der Waals surface area contributed by atoms with Gasteiger partial charge in [0.1, 0.15) is 11.5 Å². The molecule has 0 bridgehead atoms. The Kier molecular flexibility index (Phi) is 7.17. The largest absolute Gasteiger partial charge is 0.497 e. The first-order chi connectivity index (χ1) is 15.6. The molecule has 7 heteroatoms. The number of pyridine rings is 1. The Labute approximate surface area is 189 Å². The van der Waals surface area contributed by atoms with Gasteiger partial charge in [0, 0.05) is 32.3 Å². The Morgan fingerprint density at radius 1 is 1.25 bits per heavy atom. The second-order valence-electron chi connectivity index (χ2n) is 8.37. The molecule has 0 aliphatic carbocycles. The molecule has 0 saturated carbocycles. The lowest BCUT2D eigenvalue weighted by Crippen LogP contribution is -2.43. The predicted molar refractivity (Wildman–Crippen MR) is 121 cm³/mol. The summed E-state index contributed by atoms with van der Waals surface area (Å²) in [4.78, 5) is 25.7. The summed E-state index contributed by atoms with van der Waals surface area (Å²) in [6.45, 7) is 2.45. The molecule has 1 aliphatic heterocycles. The molecule has 0 unspecified atom stereocenters. The highest BCUT2D eigenvalue weighted by molar-refractivity contribution is 5.78. The number of amides is 1. The van der Waals surface area contributed by atoms with E-state index in [9.17, 15) is 4.79 Å². The SMILES string of the molecule is COc1cccc(Cc2cnc([C@H]3CCCN(C(=O)CN(C)Cc4ccccn4)C3)o2)c1. The van der Waals surface area contributed by atoms with Crippen molar-refractivity contribution < 1.29 is 13.9 Å². The average molecular weight is 435 g/mol. The molecule has 2 aromatic heterocycles. The van der Waals surface area contributed by atoms with Crippen LogP contribution in [0.2, 0.25) is 0 Å². The van der Waals surface area contributed by atoms with Gasteiger partial charge in [-0.15, -0.1) is 0 Å². The number of likely N-dealkylation sites (N-methyl/N-ethyl adjacent to an activating group) is 1. The first-order valence-electron chi connectivity index (χ1n) is 11.0. The van der Waals surface area contributed by atoms with E-state index < -0.39 is 0 Å². The van der Waals surface area contributed by atoms with Crippen molar-refractivity contribution in [2.24, 2.45) is 0 Å². The van der Waals surface area contributed by atoms with Crippen molar-refractivity contribution in [3.8, 4) is 5.75 Å². The number of carbonyl (C=O) groups excluding carboxylic acids is 1. The van der Waals surface area contributed by atoms with E-state index in [-0.39, 0.29) is 11.8 Å². The van der Waals surface area contributed by atoms with Crippen LogP contribution in [-0.2, 0) is 17.8 Å². The van der Waals surface area contributed by atoms with E-state index in [4.69, 9.17) is 9.15 Å². The van der Waals surface area contributed by atoms with Gasteiger partial charge < -0.3 is 14.1 Å². The second-order valence-corrected chi connectivity index (χ2v) is 8.37. The maximum Gasteiger partial charge on any atom is 0.236 e. The maximum atomic E-state index is 12.9. The number of aromatic nitrogens is 2. The molecule has 4 rings (SSSR count). The van der Waals surface area contributed by atoms with Crippen molar-refractivity contribution >= 4 is 5.91 Å². The number of benzene rings is 1. The van der Waals surface area contributed by atoms with Gasteiger partial charge in [-0.2, -0.15) is 0 Å². The van der Waals surface area contributed by atoms with Crippen molar-refractivity contribution in [3.63, 3.8) is 0 Å². The van der Waals surface area contributed by atoms with Gasteiger partial charge in [-0.05, 0) is 49.7 Å². The van der Waals surface area contributed by atoms with Crippen molar-refractivity contribution in [2.75, 3.05) is 33.8 Å². The monoisotopic (exact) mass is 434 g/mol. The molecule has 1 aliphatic rings. The number of hydrogen-bond acceptors (Lipinski definition) is 6. The van der Waals surface area contributed by atoms with E-state index in [1.54, 1.807) is 19.5 Å². The molecule has 7 nitrogen and oxygen atoms in total. The highest BCUT2D eigenvalue weighted by Gasteiger charge is 2.28. The smallest absolute Gasteiger partial charge is 0.236 e. The summed E-state index contributed by atoms with van der Waals surface area (Å²) < 4.78 is 11.4. The lowest BCUT2D eigenvalue weighted by molar-refractivity contribution is -0.133. The summed E-state index contributed by atoms with van der Waals surface area (Å²) in [6, 6.07) is 13.8. The highest BCUT2D eigenvalue weighted by Crippen LogP contribution is 2.27. The summed E-state index contributed by atoms with van der Waals surface area (Å²) >= 11 is 0. The number of hydrogen-bond donors (Lipinski definition) is 0. The molecule has 168 valence electrons. The van der Waals surface area contributed by atoms with E-state index in [1.807, 2.05) is 59.3 Å². The number of likely N-dealkylation sites (tertiary alicyclic amines) is 1. The Bertz CT molecular complexity index is 1020. The predicted octanol–water partition coefficient (Wildman–Crippen LogP) is 3.51. The van der Waals surface area contributed by atoms with E-state index in [1.165, 1.54) is 0 Å². The third-order valence-corrected chi connectivity index (χ3v) is 5.77. The quantitative estimate of drug-likeness (QED) is 0.540. The number of carbonyl (C=O) groups is 1. The number of piperidine rings is 1. The molecule has 1 saturated heterocycles. The van der Waals surface area contributed by atoms with Crippen LogP contribution in [0.3, 0.4) is 0 Å². The highest BCUT2D eigenvalue weighted by atomic mass is 16.5. The van der Waals surface area contributed by atoms with Crippen LogP contribution in [-0.4, -0.2) is 59.5 Å². The molecule has 32 heavy (non-hydrogen) atoms. The second kappa shape index (κ2) is 10.4. The third kappa shape index (κ3) is 5.73. The number of nitrogens with zero attached hydrogens (tertiary/aromatic N) is 4. The van der Waals surface area contributed by atoms with E-state index in [0.29, 0.717) is 26.1 Å². The molecule has 0 N–H and O–H groups in total. The van der Waals surface area contributed by atoms with Crippen LogP contribution in [0.25, 0.3) is 0 Å². The van der Waals surface area contributed by atoms with Crippen molar-refractivity contribution in [2.45, 2.75) is 31.7 Å².